The highest BCUT2D eigenvalue weighted by Crippen LogP contribution is 2.50. The number of nitrogens with zero attached hydrogens (tertiary/aromatic N) is 4. The van der Waals surface area contributed by atoms with Crippen LogP contribution in [0.1, 0.15) is 90.1 Å². The normalized spacial score (nSPS) is 12.5. The Balaban J connectivity index is 1.30. The van der Waals surface area contributed by atoms with E-state index in [0.29, 0.717) is 0 Å². The number of rotatable bonds is 13. The Bertz CT molecular complexity index is 3440. The Kier molecular flexibility index (Phi) is 14.0. The van der Waals surface area contributed by atoms with E-state index in [1.165, 1.54) is 22.3 Å². The van der Waals surface area contributed by atoms with Crippen LogP contribution in [0, 0.1) is 13.8 Å². The number of anilines is 5. The van der Waals surface area contributed by atoms with Crippen molar-refractivity contribution < 1.29 is 4.42 Å². The van der Waals surface area contributed by atoms with Gasteiger partial charge in [0.15, 0.2) is 0 Å². The van der Waals surface area contributed by atoms with Crippen molar-refractivity contribution in [3.63, 3.8) is 0 Å². The third-order valence-electron chi connectivity index (χ3n) is 13.8. The highest BCUT2D eigenvalue weighted by molar-refractivity contribution is 14.1. The average molecular weight is 1050 g/mol. The van der Waals surface area contributed by atoms with Gasteiger partial charge in [-0.1, -0.05) is 166 Å². The Hall–Kier alpha value is -6.77. The molecule has 0 radical (unpaired) electrons. The summed E-state index contributed by atoms with van der Waals surface area (Å²) in [5.41, 5.74) is 19.7. The van der Waals surface area contributed by atoms with Gasteiger partial charge in [-0.05, 0) is 159 Å². The molecule has 0 atom stereocenters. The van der Waals surface area contributed by atoms with E-state index in [-0.39, 0.29) is 8.84 Å². The van der Waals surface area contributed by atoms with Gasteiger partial charge in [0.05, 0.1) is 11.1 Å². The van der Waals surface area contributed by atoms with E-state index in [9.17, 15) is 0 Å². The van der Waals surface area contributed by atoms with Gasteiger partial charge in [-0.15, -0.1) is 0 Å². The minimum absolute atomic E-state index is 0.00677. The van der Waals surface area contributed by atoms with Gasteiger partial charge in [0.25, 0.3) is 0 Å². The number of benzene rings is 6. The lowest BCUT2D eigenvalue weighted by Gasteiger charge is -2.30. The molecule has 0 fully saturated rings. The van der Waals surface area contributed by atoms with E-state index < -0.39 is 0 Å². The fourth-order valence-corrected chi connectivity index (χ4v) is 9.75. The molecule has 0 saturated carbocycles. The first-order valence-corrected chi connectivity index (χ1v) is 26.0. The maximum absolute atomic E-state index is 7.20. The predicted octanol–water partition coefficient (Wildman–Crippen LogP) is 19.1. The minimum Gasteiger partial charge on any atom is -0.455 e. The van der Waals surface area contributed by atoms with Gasteiger partial charge in [0, 0.05) is 55.0 Å². The molecule has 6 aromatic carbocycles. The van der Waals surface area contributed by atoms with Crippen LogP contribution in [-0.4, -0.2) is 13.4 Å². The molecule has 3 heterocycles. The molecule has 9 rings (SSSR count). The van der Waals surface area contributed by atoms with Crippen LogP contribution in [0.3, 0.4) is 0 Å². The number of hydrogen-bond acceptors (Lipinski definition) is 5. The van der Waals surface area contributed by atoms with Gasteiger partial charge in [0.1, 0.15) is 22.8 Å². The quantitative estimate of drug-likeness (QED) is 0.0654. The minimum atomic E-state index is -0.00677. The Morgan fingerprint density at radius 3 is 1.76 bits per heavy atom. The molecule has 0 aliphatic heterocycles. The van der Waals surface area contributed by atoms with Gasteiger partial charge in [-0.2, -0.15) is 0 Å². The summed E-state index contributed by atoms with van der Waals surface area (Å²) in [4.78, 5) is 15.2. The first-order valence-electron chi connectivity index (χ1n) is 25.0. The van der Waals surface area contributed by atoms with Crippen LogP contribution in [0.25, 0.3) is 55.3 Å². The molecular weight excluding hydrogens is 980 g/mol. The molecule has 0 saturated heterocycles. The van der Waals surface area contributed by atoms with Crippen molar-refractivity contribution in [2.45, 2.75) is 97.8 Å². The SMILES string of the molecule is CCc1cc(N(/C(C)=C/C=C(\C)C(C)(C)I)c2ncc(C)cc2-c2ccccc2)ccc1-c1c(CC)cc(N(c2ccc(C(C)(C)C)cc2)c2ncc(C)cc2-c2ccccc2)c2c1oc1ccccc12. The molecule has 5 nitrogen and oxygen atoms in total. The summed E-state index contributed by atoms with van der Waals surface area (Å²) in [6.45, 7) is 24.5. The summed E-state index contributed by atoms with van der Waals surface area (Å²) in [6, 6.07) is 52.7. The second-order valence-corrected chi connectivity index (χ2v) is 23.1. The van der Waals surface area contributed by atoms with E-state index in [2.05, 4.69) is 266 Å². The van der Waals surface area contributed by atoms with Crippen LogP contribution in [0.2, 0.25) is 0 Å². The molecule has 0 bridgehead atoms. The molecule has 0 amide bonds. The van der Waals surface area contributed by atoms with Gasteiger partial charge in [-0.3, -0.25) is 9.80 Å². The summed E-state index contributed by atoms with van der Waals surface area (Å²) in [5.74, 6) is 1.75. The van der Waals surface area contributed by atoms with E-state index in [4.69, 9.17) is 14.4 Å². The lowest BCUT2D eigenvalue weighted by atomic mass is 9.87. The van der Waals surface area contributed by atoms with Crippen LogP contribution in [0.15, 0.2) is 186 Å². The number of furan rings is 1. The third kappa shape index (κ3) is 9.97. The van der Waals surface area contributed by atoms with Crippen molar-refractivity contribution in [1.82, 2.24) is 9.97 Å². The van der Waals surface area contributed by atoms with Gasteiger partial charge in [0.2, 0.25) is 0 Å². The largest absolute Gasteiger partial charge is 0.455 e. The molecule has 3 aromatic heterocycles. The van der Waals surface area contributed by atoms with Crippen LogP contribution in [0.4, 0.5) is 28.7 Å². The number of alkyl halides is 1. The van der Waals surface area contributed by atoms with E-state index in [0.717, 1.165) is 114 Å². The molecule has 6 heteroatoms. The lowest BCUT2D eigenvalue weighted by Crippen LogP contribution is -2.18. The first-order chi connectivity index (χ1) is 34.0. The standard InChI is InChI=1S/C65H65IN4O/c1-12-46-38-52(69(45(6)29-28-44(5)65(10,11)66)62-55(36-42(3)40-67-62)48-22-16-14-17-23-48)34-35-53(46)59-47(13-2)39-57(60-54-26-20-21-27-58(54)71-61(59)60)70(51-32-30-50(31-33-51)64(7,8)9)63-56(37-43(4)41-68-63)49-24-18-15-19-25-49/h14-41H,12-13H2,1-11H3/b44-28+,45-29+. The number of aromatic nitrogens is 2. The van der Waals surface area contributed by atoms with Crippen LogP contribution in [0.5, 0.6) is 0 Å². The number of fused-ring (bicyclic) bond motifs is 3. The van der Waals surface area contributed by atoms with E-state index in [1.54, 1.807) is 0 Å². The fraction of sp³-hybridized carbons (Fsp3) is 0.231. The lowest BCUT2D eigenvalue weighted by molar-refractivity contribution is 0.590. The predicted molar refractivity (Wildman–Crippen MR) is 311 cm³/mol. The Morgan fingerprint density at radius 2 is 1.17 bits per heavy atom. The second kappa shape index (κ2) is 20.2. The topological polar surface area (TPSA) is 45.4 Å². The summed E-state index contributed by atoms with van der Waals surface area (Å²) in [5, 5.41) is 2.11. The van der Waals surface area contributed by atoms with Crippen LogP contribution >= 0.6 is 22.6 Å². The second-order valence-electron chi connectivity index (χ2n) is 20.4. The smallest absolute Gasteiger partial charge is 0.145 e. The molecule has 71 heavy (non-hydrogen) atoms. The zero-order valence-corrected chi connectivity index (χ0v) is 45.3. The Labute approximate surface area is 435 Å². The number of pyridine rings is 2. The molecule has 0 aliphatic carbocycles. The number of allylic oxidation sites excluding steroid dienone is 4. The number of para-hydroxylation sites is 1. The van der Waals surface area contributed by atoms with Crippen molar-refractivity contribution >= 4 is 73.2 Å². The van der Waals surface area contributed by atoms with Gasteiger partial charge in [-0.25, -0.2) is 9.97 Å². The molecule has 0 aliphatic rings. The molecule has 0 unspecified atom stereocenters. The summed E-state index contributed by atoms with van der Waals surface area (Å²) >= 11 is 2.52. The maximum Gasteiger partial charge on any atom is 0.145 e. The molecular formula is C65H65IN4O. The van der Waals surface area contributed by atoms with Crippen LogP contribution in [-0.2, 0) is 18.3 Å². The molecule has 0 spiro atoms. The summed E-state index contributed by atoms with van der Waals surface area (Å²) < 4.78 is 7.21. The average Bonchev–Trinajstić information content (AvgIpc) is 3.76. The summed E-state index contributed by atoms with van der Waals surface area (Å²) in [6.07, 6.45) is 10.1. The van der Waals surface area contributed by atoms with Gasteiger partial charge < -0.3 is 4.42 Å². The monoisotopic (exact) mass is 1040 g/mol. The van der Waals surface area contributed by atoms with E-state index >= 15 is 0 Å². The summed E-state index contributed by atoms with van der Waals surface area (Å²) in [7, 11) is 0. The maximum atomic E-state index is 7.20. The van der Waals surface area contributed by atoms with Gasteiger partial charge >= 0.3 is 0 Å². The molecule has 358 valence electrons. The number of hydrogen-bond donors (Lipinski definition) is 0. The van der Waals surface area contributed by atoms with Crippen molar-refractivity contribution in [2.24, 2.45) is 0 Å². The third-order valence-corrected chi connectivity index (χ3v) is 14.6. The highest BCUT2D eigenvalue weighted by Gasteiger charge is 2.29. The first kappa shape index (κ1) is 49.2. The van der Waals surface area contributed by atoms with Crippen molar-refractivity contribution in [1.29, 1.82) is 0 Å². The number of halogens is 1. The van der Waals surface area contributed by atoms with Crippen molar-refractivity contribution in [2.75, 3.05) is 9.80 Å². The fourth-order valence-electron chi connectivity index (χ4n) is 9.57. The Morgan fingerprint density at radius 1 is 0.606 bits per heavy atom. The molecule has 9 aromatic rings. The van der Waals surface area contributed by atoms with Crippen molar-refractivity contribution in [3.8, 4) is 33.4 Å². The number of aryl methyl sites for hydroxylation is 4. The van der Waals surface area contributed by atoms with Crippen molar-refractivity contribution in [3.05, 3.63) is 209 Å². The van der Waals surface area contributed by atoms with E-state index in [1.807, 2.05) is 12.4 Å². The highest BCUT2D eigenvalue weighted by atomic mass is 127. The zero-order valence-electron chi connectivity index (χ0n) is 43.2. The zero-order chi connectivity index (χ0) is 50.2. The molecule has 0 N–H and O–H groups in total. The van der Waals surface area contributed by atoms with Crippen LogP contribution < -0.4 is 9.80 Å².